The molecule has 0 bridgehead atoms. The first-order valence-electron chi connectivity index (χ1n) is 10.1. The predicted octanol–water partition coefficient (Wildman–Crippen LogP) is 5.02. The van der Waals surface area contributed by atoms with Gasteiger partial charge in [-0.15, -0.1) is 0 Å². The highest BCUT2D eigenvalue weighted by Crippen LogP contribution is 2.27. The molecule has 6 heteroatoms. The molecule has 4 aromatic rings. The highest BCUT2D eigenvalue weighted by molar-refractivity contribution is 5.94. The molecule has 31 heavy (non-hydrogen) atoms. The summed E-state index contributed by atoms with van der Waals surface area (Å²) >= 11 is 0. The summed E-state index contributed by atoms with van der Waals surface area (Å²) in [6.07, 6.45) is 0.771. The van der Waals surface area contributed by atoms with Crippen molar-refractivity contribution in [2.75, 3.05) is 6.54 Å². The van der Waals surface area contributed by atoms with Crippen molar-refractivity contribution in [1.82, 2.24) is 14.7 Å². The molecule has 1 aliphatic rings. The van der Waals surface area contributed by atoms with Crippen LogP contribution >= 0.6 is 0 Å². The SMILES string of the molecule is O=C(c1cc(-c2ccccc2F)nn1-c1ccc(F)cc1)N1CCc2ccccc2C1. The lowest BCUT2D eigenvalue weighted by Gasteiger charge is -2.29. The smallest absolute Gasteiger partial charge is 0.272 e. The molecule has 0 radical (unpaired) electrons. The minimum atomic E-state index is -0.419. The van der Waals surface area contributed by atoms with Crippen LogP contribution in [0.1, 0.15) is 21.6 Å². The van der Waals surface area contributed by atoms with E-state index in [0.29, 0.717) is 35.7 Å². The lowest BCUT2D eigenvalue weighted by atomic mass is 9.99. The molecule has 0 N–H and O–H groups in total. The molecule has 4 nitrogen and oxygen atoms in total. The molecule has 2 heterocycles. The van der Waals surface area contributed by atoms with E-state index in [2.05, 4.69) is 11.2 Å². The monoisotopic (exact) mass is 415 g/mol. The van der Waals surface area contributed by atoms with Gasteiger partial charge in [-0.25, -0.2) is 13.5 Å². The number of hydrogen-bond donors (Lipinski definition) is 0. The van der Waals surface area contributed by atoms with Gasteiger partial charge in [-0.2, -0.15) is 5.10 Å². The maximum Gasteiger partial charge on any atom is 0.272 e. The number of halogens is 2. The van der Waals surface area contributed by atoms with Crippen molar-refractivity contribution in [2.24, 2.45) is 0 Å². The summed E-state index contributed by atoms with van der Waals surface area (Å²) in [6.45, 7) is 1.08. The van der Waals surface area contributed by atoms with Crippen LogP contribution < -0.4 is 0 Å². The third-order valence-electron chi connectivity index (χ3n) is 5.57. The third kappa shape index (κ3) is 3.61. The van der Waals surface area contributed by atoms with Crippen molar-refractivity contribution in [3.05, 3.63) is 107 Å². The number of rotatable bonds is 3. The normalized spacial score (nSPS) is 13.2. The Bertz CT molecular complexity index is 1260. The molecule has 0 aliphatic carbocycles. The Morgan fingerprint density at radius 3 is 2.35 bits per heavy atom. The van der Waals surface area contributed by atoms with E-state index in [1.54, 1.807) is 41.3 Å². The fraction of sp³-hybridized carbons (Fsp3) is 0.120. The first kappa shape index (κ1) is 19.2. The summed E-state index contributed by atoms with van der Waals surface area (Å²) in [5.41, 5.74) is 3.86. The summed E-state index contributed by atoms with van der Waals surface area (Å²) < 4.78 is 29.3. The zero-order valence-electron chi connectivity index (χ0n) is 16.6. The van der Waals surface area contributed by atoms with Crippen molar-refractivity contribution in [3.8, 4) is 16.9 Å². The molecule has 0 unspecified atom stereocenters. The van der Waals surface area contributed by atoms with Gasteiger partial charge >= 0.3 is 0 Å². The van der Waals surface area contributed by atoms with Gasteiger partial charge in [0.05, 0.1) is 11.4 Å². The van der Waals surface area contributed by atoms with Crippen molar-refractivity contribution in [3.63, 3.8) is 0 Å². The molecule has 5 rings (SSSR count). The Labute approximate surface area is 178 Å². The van der Waals surface area contributed by atoms with Gasteiger partial charge in [0, 0.05) is 18.7 Å². The summed E-state index contributed by atoms with van der Waals surface area (Å²) in [7, 11) is 0. The lowest BCUT2D eigenvalue weighted by Crippen LogP contribution is -2.37. The van der Waals surface area contributed by atoms with Crippen molar-refractivity contribution in [1.29, 1.82) is 0 Å². The summed E-state index contributed by atoms with van der Waals surface area (Å²) in [6, 6.07) is 21.7. The second-order valence-corrected chi connectivity index (χ2v) is 7.53. The topological polar surface area (TPSA) is 38.1 Å². The van der Waals surface area contributed by atoms with Gasteiger partial charge in [0.2, 0.25) is 0 Å². The molecule has 0 spiro atoms. The van der Waals surface area contributed by atoms with Gasteiger partial charge < -0.3 is 4.90 Å². The zero-order chi connectivity index (χ0) is 21.4. The first-order valence-corrected chi connectivity index (χ1v) is 10.1. The predicted molar refractivity (Wildman–Crippen MR) is 114 cm³/mol. The average molecular weight is 415 g/mol. The fourth-order valence-electron chi connectivity index (χ4n) is 3.94. The van der Waals surface area contributed by atoms with E-state index < -0.39 is 5.82 Å². The highest BCUT2D eigenvalue weighted by Gasteiger charge is 2.26. The standard InChI is InChI=1S/C25H19F2N3O/c26-19-9-11-20(12-10-19)30-24(15-23(28-30)21-7-3-4-8-22(21)27)25(31)29-14-13-17-5-1-2-6-18(17)16-29/h1-12,15H,13-14,16H2. The van der Waals surface area contributed by atoms with Gasteiger partial charge in [-0.3, -0.25) is 4.79 Å². The molecule has 1 aliphatic heterocycles. The quantitative estimate of drug-likeness (QED) is 0.472. The van der Waals surface area contributed by atoms with Gasteiger partial charge in [0.1, 0.15) is 17.3 Å². The second kappa shape index (κ2) is 7.80. The van der Waals surface area contributed by atoms with E-state index in [0.717, 1.165) is 12.0 Å². The third-order valence-corrected chi connectivity index (χ3v) is 5.57. The van der Waals surface area contributed by atoms with Crippen LogP contribution in [0.2, 0.25) is 0 Å². The number of hydrogen-bond acceptors (Lipinski definition) is 2. The Hall–Kier alpha value is -3.80. The first-order chi connectivity index (χ1) is 15.1. The number of fused-ring (bicyclic) bond motifs is 1. The summed E-state index contributed by atoms with van der Waals surface area (Å²) in [5, 5.41) is 4.51. The van der Waals surface area contributed by atoms with Crippen LogP contribution in [0.3, 0.4) is 0 Å². The number of aromatic nitrogens is 2. The van der Waals surface area contributed by atoms with Crippen LogP contribution in [0.25, 0.3) is 16.9 Å². The van der Waals surface area contributed by atoms with Crippen LogP contribution in [-0.2, 0) is 13.0 Å². The van der Waals surface area contributed by atoms with E-state index in [9.17, 15) is 13.6 Å². The number of nitrogens with zero attached hydrogens (tertiary/aromatic N) is 3. The van der Waals surface area contributed by atoms with Crippen LogP contribution in [0, 0.1) is 11.6 Å². The van der Waals surface area contributed by atoms with Gasteiger partial charge in [0.15, 0.2) is 0 Å². The van der Waals surface area contributed by atoms with E-state index >= 15 is 0 Å². The Morgan fingerprint density at radius 1 is 0.871 bits per heavy atom. The van der Waals surface area contributed by atoms with E-state index in [4.69, 9.17) is 0 Å². The molecule has 1 amide bonds. The van der Waals surface area contributed by atoms with Crippen molar-refractivity contribution < 1.29 is 13.6 Å². The molecule has 0 saturated carbocycles. The number of carbonyl (C=O) groups excluding carboxylic acids is 1. The summed E-state index contributed by atoms with van der Waals surface area (Å²) in [4.78, 5) is 15.3. The van der Waals surface area contributed by atoms with Crippen molar-refractivity contribution >= 4 is 5.91 Å². The Balaban J connectivity index is 1.57. The second-order valence-electron chi connectivity index (χ2n) is 7.53. The molecule has 0 fully saturated rings. The molecule has 0 atom stereocenters. The van der Waals surface area contributed by atoms with Crippen LogP contribution in [0.15, 0.2) is 78.9 Å². The maximum absolute atomic E-state index is 14.4. The van der Waals surface area contributed by atoms with Crippen LogP contribution in [0.4, 0.5) is 8.78 Å². The van der Waals surface area contributed by atoms with E-state index in [1.807, 2.05) is 18.2 Å². The molecule has 1 aromatic heterocycles. The molecular weight excluding hydrogens is 396 g/mol. The molecule has 0 saturated heterocycles. The largest absolute Gasteiger partial charge is 0.333 e. The van der Waals surface area contributed by atoms with Crippen molar-refractivity contribution in [2.45, 2.75) is 13.0 Å². The molecule has 154 valence electrons. The van der Waals surface area contributed by atoms with Crippen LogP contribution in [-0.4, -0.2) is 27.1 Å². The van der Waals surface area contributed by atoms with Gasteiger partial charge in [-0.1, -0.05) is 36.4 Å². The summed E-state index contributed by atoms with van der Waals surface area (Å²) in [5.74, 6) is -1.00. The van der Waals surface area contributed by atoms with E-state index in [-0.39, 0.29) is 11.7 Å². The number of carbonyl (C=O) groups is 1. The fourth-order valence-corrected chi connectivity index (χ4v) is 3.94. The maximum atomic E-state index is 14.4. The lowest BCUT2D eigenvalue weighted by molar-refractivity contribution is 0.0725. The van der Waals surface area contributed by atoms with E-state index in [1.165, 1.54) is 28.4 Å². The van der Waals surface area contributed by atoms with Gasteiger partial charge in [-0.05, 0) is 60.0 Å². The highest BCUT2D eigenvalue weighted by atomic mass is 19.1. The molecule has 3 aromatic carbocycles. The molecular formula is C25H19F2N3O. The average Bonchev–Trinajstić information content (AvgIpc) is 3.24. The number of benzene rings is 3. The minimum absolute atomic E-state index is 0.200. The minimum Gasteiger partial charge on any atom is -0.333 e. The Kier molecular flexibility index (Phi) is 4.82. The van der Waals surface area contributed by atoms with Crippen LogP contribution in [0.5, 0.6) is 0 Å². The number of amides is 1. The van der Waals surface area contributed by atoms with Gasteiger partial charge in [0.25, 0.3) is 5.91 Å². The Morgan fingerprint density at radius 2 is 1.58 bits per heavy atom. The zero-order valence-corrected chi connectivity index (χ0v) is 16.6.